The van der Waals surface area contributed by atoms with Gasteiger partial charge < -0.3 is 15.0 Å². The lowest BCUT2D eigenvalue weighted by Gasteiger charge is -2.31. The molecule has 11 heteroatoms. The van der Waals surface area contributed by atoms with Crippen molar-refractivity contribution >= 4 is 38.2 Å². The standard InChI is InChI=1S/C27H38N4O5S2/c1-5-6-12-29(4)38(34,35)21-9-7-20(8-10-21)25(32)28-26-24(27(33)30-14-16-36-17-15-30)22-11-13-31(19(2)3)18-23(22)37-26/h7-10,19H,5-6,11-18H2,1-4H3,(H,28,32). The molecule has 9 nitrogen and oxygen atoms in total. The van der Waals surface area contributed by atoms with E-state index in [1.165, 1.54) is 39.9 Å². The number of amides is 2. The molecular formula is C27H38N4O5S2. The summed E-state index contributed by atoms with van der Waals surface area (Å²) in [6.07, 6.45) is 2.43. The van der Waals surface area contributed by atoms with Crippen LogP contribution < -0.4 is 5.32 Å². The van der Waals surface area contributed by atoms with E-state index in [4.69, 9.17) is 4.74 Å². The van der Waals surface area contributed by atoms with Crippen LogP contribution in [0.1, 0.15) is 64.8 Å². The quantitative estimate of drug-likeness (QED) is 0.501. The molecule has 1 saturated heterocycles. The van der Waals surface area contributed by atoms with E-state index >= 15 is 0 Å². The number of unbranched alkanes of at least 4 members (excludes halogenated alkanes) is 1. The topological polar surface area (TPSA) is 99.3 Å². The third kappa shape index (κ3) is 6.12. The highest BCUT2D eigenvalue weighted by atomic mass is 32.2. The van der Waals surface area contributed by atoms with Gasteiger partial charge in [-0.1, -0.05) is 13.3 Å². The molecule has 2 aliphatic rings. The Labute approximate surface area is 229 Å². The van der Waals surface area contributed by atoms with Crippen molar-refractivity contribution in [3.8, 4) is 0 Å². The zero-order chi connectivity index (χ0) is 27.4. The number of rotatable bonds is 9. The van der Waals surface area contributed by atoms with Gasteiger partial charge in [0.05, 0.1) is 23.7 Å². The second kappa shape index (κ2) is 12.3. The minimum absolute atomic E-state index is 0.0735. The molecule has 1 aromatic carbocycles. The number of anilines is 1. The predicted molar refractivity (Wildman–Crippen MR) is 149 cm³/mol. The van der Waals surface area contributed by atoms with Crippen LogP contribution in [0.2, 0.25) is 0 Å². The number of morpholine rings is 1. The molecule has 208 valence electrons. The van der Waals surface area contributed by atoms with Crippen LogP contribution in [0, 0.1) is 0 Å². The van der Waals surface area contributed by atoms with Gasteiger partial charge in [0.25, 0.3) is 11.8 Å². The number of thiophene rings is 1. The van der Waals surface area contributed by atoms with Crippen molar-refractivity contribution in [2.24, 2.45) is 0 Å². The van der Waals surface area contributed by atoms with Crippen LogP contribution in [0.3, 0.4) is 0 Å². The minimum atomic E-state index is -3.62. The predicted octanol–water partition coefficient (Wildman–Crippen LogP) is 3.66. The van der Waals surface area contributed by atoms with Gasteiger partial charge in [-0.25, -0.2) is 12.7 Å². The maximum Gasteiger partial charge on any atom is 0.257 e. The monoisotopic (exact) mass is 562 g/mol. The highest BCUT2D eigenvalue weighted by Gasteiger charge is 2.32. The first-order chi connectivity index (χ1) is 18.1. The van der Waals surface area contributed by atoms with Crippen molar-refractivity contribution in [3.63, 3.8) is 0 Å². The Hall–Kier alpha value is -2.31. The first-order valence-corrected chi connectivity index (χ1v) is 15.5. The van der Waals surface area contributed by atoms with E-state index in [1.54, 1.807) is 11.9 Å². The van der Waals surface area contributed by atoms with E-state index in [1.807, 2.05) is 6.92 Å². The lowest BCUT2D eigenvalue weighted by Crippen LogP contribution is -2.41. The Bertz CT molecular complexity index is 1250. The SMILES string of the molecule is CCCCN(C)S(=O)(=O)c1ccc(C(=O)Nc2sc3c(c2C(=O)N2CCOCC2)CCN(C(C)C)C3)cc1. The third-order valence-electron chi connectivity index (χ3n) is 7.21. The molecule has 2 aromatic rings. The van der Waals surface area contributed by atoms with Crippen LogP contribution >= 0.6 is 11.3 Å². The van der Waals surface area contributed by atoms with Crippen LogP contribution in [0.5, 0.6) is 0 Å². The number of nitrogens with one attached hydrogen (secondary N) is 1. The van der Waals surface area contributed by atoms with Crippen LogP contribution in [-0.4, -0.2) is 86.8 Å². The summed E-state index contributed by atoms with van der Waals surface area (Å²) in [7, 11) is -2.05. The molecular weight excluding hydrogens is 524 g/mol. The fraction of sp³-hybridized carbons (Fsp3) is 0.556. The van der Waals surface area contributed by atoms with Crippen molar-refractivity contribution in [2.75, 3.05) is 51.8 Å². The van der Waals surface area contributed by atoms with Gasteiger partial charge in [-0.15, -0.1) is 11.3 Å². The van der Waals surface area contributed by atoms with Crippen molar-refractivity contribution in [1.82, 2.24) is 14.1 Å². The Balaban J connectivity index is 1.58. The summed E-state index contributed by atoms with van der Waals surface area (Å²) in [5.41, 5.74) is 1.94. The van der Waals surface area contributed by atoms with E-state index in [0.29, 0.717) is 55.0 Å². The summed E-state index contributed by atoms with van der Waals surface area (Å²) in [4.78, 5) is 32.3. The molecule has 2 aliphatic heterocycles. The van der Waals surface area contributed by atoms with E-state index in [2.05, 4.69) is 24.1 Å². The smallest absolute Gasteiger partial charge is 0.257 e. The molecule has 4 rings (SSSR count). The van der Waals surface area contributed by atoms with Gasteiger partial charge in [0.15, 0.2) is 0 Å². The number of nitrogens with zero attached hydrogens (tertiary/aromatic N) is 3. The average molecular weight is 563 g/mol. The van der Waals surface area contributed by atoms with Crippen LogP contribution in [0.4, 0.5) is 5.00 Å². The number of carbonyl (C=O) groups excluding carboxylic acids is 2. The highest BCUT2D eigenvalue weighted by molar-refractivity contribution is 7.89. The molecule has 0 bridgehead atoms. The largest absolute Gasteiger partial charge is 0.378 e. The van der Waals surface area contributed by atoms with E-state index in [0.717, 1.165) is 42.8 Å². The van der Waals surface area contributed by atoms with Gasteiger partial charge in [0.2, 0.25) is 10.0 Å². The van der Waals surface area contributed by atoms with Crippen molar-refractivity contribution in [3.05, 3.63) is 45.8 Å². The van der Waals surface area contributed by atoms with Gasteiger partial charge in [0, 0.05) is 56.3 Å². The number of fused-ring (bicyclic) bond motifs is 1. The van der Waals surface area contributed by atoms with Crippen molar-refractivity contribution < 1.29 is 22.7 Å². The van der Waals surface area contributed by atoms with Gasteiger partial charge in [-0.05, 0) is 56.5 Å². The second-order valence-electron chi connectivity index (χ2n) is 10.1. The van der Waals surface area contributed by atoms with Crippen LogP contribution in [0.15, 0.2) is 29.2 Å². The molecule has 1 aromatic heterocycles. The van der Waals surface area contributed by atoms with Gasteiger partial charge in [0.1, 0.15) is 5.00 Å². The summed E-state index contributed by atoms with van der Waals surface area (Å²) in [6, 6.07) is 6.36. The molecule has 3 heterocycles. The number of carbonyl (C=O) groups is 2. The third-order valence-corrected chi connectivity index (χ3v) is 10.2. The number of ether oxygens (including phenoxy) is 1. The van der Waals surface area contributed by atoms with Crippen molar-refractivity contribution in [2.45, 2.75) is 57.5 Å². The average Bonchev–Trinajstić information content (AvgIpc) is 3.28. The molecule has 0 aliphatic carbocycles. The van der Waals surface area contributed by atoms with E-state index in [-0.39, 0.29) is 16.7 Å². The molecule has 1 N–H and O–H groups in total. The normalized spacial score (nSPS) is 16.6. The molecule has 0 spiro atoms. The first kappa shape index (κ1) is 28.7. The maximum atomic E-state index is 13.6. The van der Waals surface area contributed by atoms with Gasteiger partial charge in [-0.2, -0.15) is 0 Å². The fourth-order valence-corrected chi connectivity index (χ4v) is 7.21. The Morgan fingerprint density at radius 2 is 1.82 bits per heavy atom. The molecule has 2 amide bonds. The molecule has 0 radical (unpaired) electrons. The molecule has 0 saturated carbocycles. The zero-order valence-electron chi connectivity index (χ0n) is 22.7. The summed E-state index contributed by atoms with van der Waals surface area (Å²) in [6.45, 7) is 10.4. The Kier molecular flexibility index (Phi) is 9.25. The van der Waals surface area contributed by atoms with Gasteiger partial charge >= 0.3 is 0 Å². The lowest BCUT2D eigenvalue weighted by molar-refractivity contribution is 0.0302. The zero-order valence-corrected chi connectivity index (χ0v) is 24.3. The summed E-state index contributed by atoms with van der Waals surface area (Å²) < 4.78 is 32.4. The Morgan fingerprint density at radius 1 is 1.13 bits per heavy atom. The maximum absolute atomic E-state index is 13.6. The molecule has 0 unspecified atom stereocenters. The summed E-state index contributed by atoms with van der Waals surface area (Å²) in [5, 5.41) is 3.53. The number of sulfonamides is 1. The van der Waals surface area contributed by atoms with E-state index < -0.39 is 10.0 Å². The van der Waals surface area contributed by atoms with Crippen molar-refractivity contribution in [1.29, 1.82) is 0 Å². The first-order valence-electron chi connectivity index (χ1n) is 13.3. The lowest BCUT2D eigenvalue weighted by atomic mass is 10.0. The van der Waals surface area contributed by atoms with Crippen LogP contribution in [0.25, 0.3) is 0 Å². The van der Waals surface area contributed by atoms with Crippen LogP contribution in [-0.2, 0) is 27.7 Å². The van der Waals surface area contributed by atoms with E-state index in [9.17, 15) is 18.0 Å². The second-order valence-corrected chi connectivity index (χ2v) is 13.2. The Morgan fingerprint density at radius 3 is 2.45 bits per heavy atom. The number of hydrogen-bond acceptors (Lipinski definition) is 7. The number of hydrogen-bond donors (Lipinski definition) is 1. The molecule has 1 fully saturated rings. The highest BCUT2D eigenvalue weighted by Crippen LogP contribution is 2.38. The summed E-state index contributed by atoms with van der Waals surface area (Å²) in [5.74, 6) is -0.445. The van der Waals surface area contributed by atoms with Gasteiger partial charge in [-0.3, -0.25) is 14.5 Å². The molecule has 38 heavy (non-hydrogen) atoms. The molecule has 0 atom stereocenters. The minimum Gasteiger partial charge on any atom is -0.378 e. The summed E-state index contributed by atoms with van der Waals surface area (Å²) >= 11 is 1.46. The fourth-order valence-electron chi connectivity index (χ4n) is 4.74. The number of benzene rings is 1.